The molecule has 2 rings (SSSR count). The van der Waals surface area contributed by atoms with Crippen LogP contribution in [-0.4, -0.2) is 5.17 Å². The maximum atomic E-state index is 5.95. The Morgan fingerprint density at radius 1 is 1.36 bits per heavy atom. The van der Waals surface area contributed by atoms with Crippen LogP contribution in [-0.2, 0) is 4.74 Å². The van der Waals surface area contributed by atoms with E-state index in [1.54, 1.807) is 18.2 Å². The molecular formula is C8H4Cl2N2OS. The fraction of sp³-hybridized carbons (Fsp3) is 0.125. The summed E-state index contributed by atoms with van der Waals surface area (Å²) in [5, 5.41) is 8.60. The number of halogens is 2. The summed E-state index contributed by atoms with van der Waals surface area (Å²) in [4.78, 5) is 0. The Morgan fingerprint density at radius 3 is 2.71 bits per heavy atom. The number of rotatable bonds is 1. The van der Waals surface area contributed by atoms with Crippen LogP contribution < -0.4 is 0 Å². The molecule has 1 aliphatic heterocycles. The van der Waals surface area contributed by atoms with Crippen molar-refractivity contribution in [1.29, 1.82) is 0 Å². The molecule has 0 radical (unpaired) electrons. The average Bonchev–Trinajstić information content (AvgIpc) is 2.51. The molecule has 0 fully saturated rings. The number of ether oxygens (including phenoxy) is 1. The van der Waals surface area contributed by atoms with Crippen LogP contribution in [0.4, 0.5) is 0 Å². The number of thiocarbonyl (C=S) groups is 1. The standard InChI is InChI=1S/C8H4Cl2N2OS/c9-4-1-2-5(6(10)3-4)7-11-12-8(14)13-7/h1-3,7H. The first-order valence-corrected chi connectivity index (χ1v) is 4.89. The summed E-state index contributed by atoms with van der Waals surface area (Å²) in [6.45, 7) is 0. The Morgan fingerprint density at radius 2 is 2.14 bits per heavy atom. The van der Waals surface area contributed by atoms with Crippen molar-refractivity contribution in [2.24, 2.45) is 10.2 Å². The van der Waals surface area contributed by atoms with Crippen LogP contribution in [0.5, 0.6) is 0 Å². The highest BCUT2D eigenvalue weighted by atomic mass is 35.5. The van der Waals surface area contributed by atoms with Crippen LogP contribution in [0.2, 0.25) is 10.0 Å². The molecule has 1 atom stereocenters. The maximum Gasteiger partial charge on any atom is 0.304 e. The molecule has 0 aliphatic carbocycles. The predicted octanol–water partition coefficient (Wildman–Crippen LogP) is 3.76. The molecule has 0 bridgehead atoms. The van der Waals surface area contributed by atoms with E-state index in [2.05, 4.69) is 10.2 Å². The topological polar surface area (TPSA) is 34.0 Å². The first-order valence-electron chi connectivity index (χ1n) is 3.73. The summed E-state index contributed by atoms with van der Waals surface area (Å²) in [7, 11) is 0. The Labute approximate surface area is 95.7 Å². The van der Waals surface area contributed by atoms with Gasteiger partial charge in [0.25, 0.3) is 0 Å². The number of nitrogens with zero attached hydrogens (tertiary/aromatic N) is 2. The number of hydrogen-bond acceptors (Lipinski definition) is 3. The highest BCUT2D eigenvalue weighted by molar-refractivity contribution is 7.80. The van der Waals surface area contributed by atoms with E-state index in [1.165, 1.54) is 0 Å². The SMILES string of the molecule is S=C1N=NC(c2ccc(Cl)cc2Cl)O1. The Kier molecular flexibility index (Phi) is 2.67. The fourth-order valence-electron chi connectivity index (χ4n) is 1.07. The predicted molar refractivity (Wildman–Crippen MR) is 57.7 cm³/mol. The van der Waals surface area contributed by atoms with Crippen molar-refractivity contribution in [1.82, 2.24) is 0 Å². The van der Waals surface area contributed by atoms with E-state index >= 15 is 0 Å². The molecule has 14 heavy (non-hydrogen) atoms. The lowest BCUT2D eigenvalue weighted by Crippen LogP contribution is -1.98. The summed E-state index contributed by atoms with van der Waals surface area (Å²) >= 11 is 16.4. The van der Waals surface area contributed by atoms with E-state index in [1.807, 2.05) is 0 Å². The van der Waals surface area contributed by atoms with E-state index < -0.39 is 6.23 Å². The molecule has 1 heterocycles. The van der Waals surface area contributed by atoms with Gasteiger partial charge in [0.05, 0.1) is 5.02 Å². The van der Waals surface area contributed by atoms with E-state index in [-0.39, 0.29) is 5.17 Å². The van der Waals surface area contributed by atoms with Crippen LogP contribution in [0, 0.1) is 0 Å². The summed E-state index contributed by atoms with van der Waals surface area (Å²) in [5.74, 6) is 0. The quantitative estimate of drug-likeness (QED) is 0.708. The van der Waals surface area contributed by atoms with Crippen LogP contribution in [0.3, 0.4) is 0 Å². The second-order valence-electron chi connectivity index (χ2n) is 2.62. The van der Waals surface area contributed by atoms with Crippen molar-refractivity contribution >= 4 is 40.6 Å². The molecule has 1 aromatic carbocycles. The van der Waals surface area contributed by atoms with Gasteiger partial charge in [-0.05, 0) is 24.4 Å². The second kappa shape index (κ2) is 3.81. The molecule has 0 N–H and O–H groups in total. The van der Waals surface area contributed by atoms with Crippen molar-refractivity contribution in [3.8, 4) is 0 Å². The Hall–Kier alpha value is -0.710. The molecule has 1 aliphatic rings. The molecule has 1 unspecified atom stereocenters. The third kappa shape index (κ3) is 1.87. The summed E-state index contributed by atoms with van der Waals surface area (Å²) in [5.41, 5.74) is 0.708. The summed E-state index contributed by atoms with van der Waals surface area (Å²) in [6.07, 6.45) is -0.535. The Bertz CT molecular complexity index is 422. The number of azo groups is 1. The van der Waals surface area contributed by atoms with Crippen molar-refractivity contribution in [2.45, 2.75) is 6.23 Å². The first kappa shape index (κ1) is 9.83. The lowest BCUT2D eigenvalue weighted by atomic mass is 10.2. The minimum absolute atomic E-state index is 0.126. The smallest absolute Gasteiger partial charge is 0.304 e. The summed E-state index contributed by atoms with van der Waals surface area (Å²) in [6, 6.07) is 5.07. The monoisotopic (exact) mass is 246 g/mol. The zero-order valence-corrected chi connectivity index (χ0v) is 9.10. The largest absolute Gasteiger partial charge is 0.436 e. The molecule has 3 nitrogen and oxygen atoms in total. The molecule has 0 spiro atoms. The average molecular weight is 247 g/mol. The molecular weight excluding hydrogens is 243 g/mol. The first-order chi connectivity index (χ1) is 6.66. The third-order valence-electron chi connectivity index (χ3n) is 1.69. The van der Waals surface area contributed by atoms with E-state index in [9.17, 15) is 0 Å². The van der Waals surface area contributed by atoms with E-state index in [0.29, 0.717) is 15.6 Å². The van der Waals surface area contributed by atoms with Gasteiger partial charge in [0.1, 0.15) is 0 Å². The van der Waals surface area contributed by atoms with Crippen molar-refractivity contribution in [2.75, 3.05) is 0 Å². The van der Waals surface area contributed by atoms with Gasteiger partial charge in [0.2, 0.25) is 6.23 Å². The molecule has 0 amide bonds. The van der Waals surface area contributed by atoms with Gasteiger partial charge in [0, 0.05) is 10.6 Å². The molecule has 1 aromatic rings. The van der Waals surface area contributed by atoms with Gasteiger partial charge in [-0.15, -0.1) is 10.2 Å². The number of hydrogen-bond donors (Lipinski definition) is 0. The Balaban J connectivity index is 2.33. The van der Waals surface area contributed by atoms with E-state index in [4.69, 9.17) is 40.2 Å². The molecule has 0 saturated heterocycles. The third-order valence-corrected chi connectivity index (χ3v) is 2.43. The minimum atomic E-state index is -0.535. The lowest BCUT2D eigenvalue weighted by molar-refractivity contribution is 0.227. The molecule has 0 saturated carbocycles. The second-order valence-corrected chi connectivity index (χ2v) is 3.81. The van der Waals surface area contributed by atoms with Crippen molar-refractivity contribution in [3.05, 3.63) is 33.8 Å². The van der Waals surface area contributed by atoms with Crippen molar-refractivity contribution in [3.63, 3.8) is 0 Å². The van der Waals surface area contributed by atoms with Crippen LogP contribution in [0.25, 0.3) is 0 Å². The van der Waals surface area contributed by atoms with Crippen LogP contribution in [0.1, 0.15) is 11.8 Å². The van der Waals surface area contributed by atoms with Gasteiger partial charge < -0.3 is 4.74 Å². The minimum Gasteiger partial charge on any atom is -0.436 e. The highest BCUT2D eigenvalue weighted by Crippen LogP contribution is 2.32. The molecule has 6 heteroatoms. The maximum absolute atomic E-state index is 5.95. The summed E-state index contributed by atoms with van der Waals surface area (Å²) < 4.78 is 5.14. The van der Waals surface area contributed by atoms with Crippen molar-refractivity contribution < 1.29 is 4.74 Å². The highest BCUT2D eigenvalue weighted by Gasteiger charge is 2.21. The molecule has 0 aromatic heterocycles. The van der Waals surface area contributed by atoms with Gasteiger partial charge in [0.15, 0.2) is 0 Å². The van der Waals surface area contributed by atoms with Gasteiger partial charge in [-0.1, -0.05) is 29.3 Å². The van der Waals surface area contributed by atoms with Gasteiger partial charge >= 0.3 is 5.17 Å². The lowest BCUT2D eigenvalue weighted by Gasteiger charge is -2.08. The van der Waals surface area contributed by atoms with Crippen LogP contribution in [0.15, 0.2) is 28.4 Å². The van der Waals surface area contributed by atoms with Gasteiger partial charge in [-0.3, -0.25) is 0 Å². The van der Waals surface area contributed by atoms with Crippen LogP contribution >= 0.6 is 35.4 Å². The zero-order chi connectivity index (χ0) is 10.1. The van der Waals surface area contributed by atoms with E-state index in [0.717, 1.165) is 0 Å². The zero-order valence-electron chi connectivity index (χ0n) is 6.78. The van der Waals surface area contributed by atoms with Gasteiger partial charge in [-0.2, -0.15) is 0 Å². The normalized spacial score (nSPS) is 19.9. The fourth-order valence-corrected chi connectivity index (χ4v) is 1.71. The van der Waals surface area contributed by atoms with Gasteiger partial charge in [-0.25, -0.2) is 0 Å². The number of benzene rings is 1. The molecule has 72 valence electrons.